The highest BCUT2D eigenvalue weighted by molar-refractivity contribution is 5.72. The summed E-state index contributed by atoms with van der Waals surface area (Å²) in [6, 6.07) is 15.2. The lowest BCUT2D eigenvalue weighted by atomic mass is 10.1. The van der Waals surface area contributed by atoms with Crippen LogP contribution in [0.15, 0.2) is 48.7 Å². The van der Waals surface area contributed by atoms with E-state index in [0.29, 0.717) is 0 Å². The lowest BCUT2D eigenvalue weighted by Crippen LogP contribution is -2.36. The molecule has 1 aliphatic rings. The van der Waals surface area contributed by atoms with Crippen molar-refractivity contribution < 1.29 is 4.57 Å². The summed E-state index contributed by atoms with van der Waals surface area (Å²) in [6.45, 7) is 4.29. The van der Waals surface area contributed by atoms with Gasteiger partial charge in [-0.05, 0) is 37.1 Å². The van der Waals surface area contributed by atoms with Gasteiger partial charge in [0.05, 0.1) is 12.0 Å². The first-order chi connectivity index (χ1) is 10.6. The van der Waals surface area contributed by atoms with Crippen molar-refractivity contribution in [1.29, 1.82) is 0 Å². The zero-order valence-corrected chi connectivity index (χ0v) is 13.2. The molecule has 2 aromatic carbocycles. The van der Waals surface area contributed by atoms with E-state index in [-0.39, 0.29) is 0 Å². The highest BCUT2D eigenvalue weighted by Gasteiger charge is 2.29. The number of aryl methyl sites for hydroxylation is 2. The molecule has 0 bridgehead atoms. The van der Waals surface area contributed by atoms with Crippen molar-refractivity contribution in [2.75, 3.05) is 0 Å². The molecule has 0 unspecified atom stereocenters. The standard InChI is InChI=1S/C20H19N2/c1-13-8-9-15-11-18-20(17(15)10-13)21-12-19(22(18)3)16-7-5-4-6-14(16)2/h4-10,12H,11H2,1-3H3/q+1. The first-order valence-electron chi connectivity index (χ1n) is 7.69. The molecule has 2 heteroatoms. The smallest absolute Gasteiger partial charge is 0.231 e. The summed E-state index contributed by atoms with van der Waals surface area (Å²) in [5.74, 6) is 0. The van der Waals surface area contributed by atoms with E-state index in [1.54, 1.807) is 0 Å². The average Bonchev–Trinajstić information content (AvgIpc) is 2.88. The van der Waals surface area contributed by atoms with Gasteiger partial charge in [0.1, 0.15) is 18.9 Å². The third kappa shape index (κ3) is 1.87. The Bertz CT molecular complexity index is 894. The molecule has 0 N–H and O–H groups in total. The van der Waals surface area contributed by atoms with Gasteiger partial charge >= 0.3 is 0 Å². The fourth-order valence-electron chi connectivity index (χ4n) is 3.37. The van der Waals surface area contributed by atoms with Crippen molar-refractivity contribution in [3.05, 3.63) is 71.0 Å². The Morgan fingerprint density at radius 3 is 2.64 bits per heavy atom. The van der Waals surface area contributed by atoms with Gasteiger partial charge in [-0.15, -0.1) is 0 Å². The second-order valence-corrected chi connectivity index (χ2v) is 6.15. The summed E-state index contributed by atoms with van der Waals surface area (Å²) in [6.07, 6.45) is 2.98. The molecule has 0 atom stereocenters. The molecule has 3 aromatic rings. The largest absolute Gasteiger partial charge is 0.243 e. The second kappa shape index (κ2) is 4.77. The number of benzene rings is 2. The molecule has 0 saturated heterocycles. The van der Waals surface area contributed by atoms with E-state index < -0.39 is 0 Å². The first-order valence-corrected chi connectivity index (χ1v) is 7.69. The molecule has 22 heavy (non-hydrogen) atoms. The van der Waals surface area contributed by atoms with Crippen LogP contribution < -0.4 is 4.57 Å². The number of aromatic nitrogens is 2. The van der Waals surface area contributed by atoms with Crippen LogP contribution in [0.5, 0.6) is 0 Å². The molecular weight excluding hydrogens is 268 g/mol. The van der Waals surface area contributed by atoms with Crippen LogP contribution in [0.3, 0.4) is 0 Å². The molecule has 2 nitrogen and oxygen atoms in total. The van der Waals surface area contributed by atoms with Crippen LogP contribution in [-0.2, 0) is 13.5 Å². The maximum Gasteiger partial charge on any atom is 0.231 e. The molecule has 108 valence electrons. The SMILES string of the molecule is Cc1ccc2c(c1)-c1ncc(-c3ccccc3C)[n+](C)c1C2. The summed E-state index contributed by atoms with van der Waals surface area (Å²) < 4.78 is 2.31. The summed E-state index contributed by atoms with van der Waals surface area (Å²) in [7, 11) is 2.15. The van der Waals surface area contributed by atoms with Crippen molar-refractivity contribution in [1.82, 2.24) is 4.98 Å². The molecule has 1 heterocycles. The Morgan fingerprint density at radius 1 is 1.00 bits per heavy atom. The summed E-state index contributed by atoms with van der Waals surface area (Å²) in [4.78, 5) is 4.80. The van der Waals surface area contributed by atoms with E-state index in [4.69, 9.17) is 4.98 Å². The summed E-state index contributed by atoms with van der Waals surface area (Å²) >= 11 is 0. The Kier molecular flexibility index (Phi) is 2.86. The van der Waals surface area contributed by atoms with Crippen molar-refractivity contribution in [3.63, 3.8) is 0 Å². The Labute approximate surface area is 131 Å². The van der Waals surface area contributed by atoms with Crippen LogP contribution in [0.2, 0.25) is 0 Å². The fraction of sp³-hybridized carbons (Fsp3) is 0.200. The van der Waals surface area contributed by atoms with Crippen LogP contribution in [0, 0.1) is 13.8 Å². The Balaban J connectivity index is 1.92. The number of fused-ring (bicyclic) bond motifs is 3. The highest BCUT2D eigenvalue weighted by Crippen LogP contribution is 2.34. The minimum absolute atomic E-state index is 0.966. The van der Waals surface area contributed by atoms with E-state index in [0.717, 1.165) is 12.1 Å². The monoisotopic (exact) mass is 287 g/mol. The molecule has 0 aliphatic heterocycles. The van der Waals surface area contributed by atoms with Gasteiger partial charge in [0.25, 0.3) is 0 Å². The van der Waals surface area contributed by atoms with E-state index in [9.17, 15) is 0 Å². The van der Waals surface area contributed by atoms with Crippen molar-refractivity contribution in [3.8, 4) is 22.5 Å². The highest BCUT2D eigenvalue weighted by atomic mass is 15.0. The lowest BCUT2D eigenvalue weighted by molar-refractivity contribution is -0.667. The van der Waals surface area contributed by atoms with E-state index in [1.165, 1.54) is 39.2 Å². The normalized spacial score (nSPS) is 12.1. The van der Waals surface area contributed by atoms with Crippen molar-refractivity contribution in [2.24, 2.45) is 7.05 Å². The van der Waals surface area contributed by atoms with Gasteiger partial charge in [-0.25, -0.2) is 4.98 Å². The van der Waals surface area contributed by atoms with Gasteiger partial charge in [0.2, 0.25) is 11.4 Å². The van der Waals surface area contributed by atoms with Crippen LogP contribution >= 0.6 is 0 Å². The number of hydrogen-bond acceptors (Lipinski definition) is 1. The zero-order valence-electron chi connectivity index (χ0n) is 13.2. The lowest BCUT2D eigenvalue weighted by Gasteiger charge is -2.06. The molecule has 1 aromatic heterocycles. The van der Waals surface area contributed by atoms with Crippen molar-refractivity contribution >= 4 is 0 Å². The molecule has 4 rings (SSSR count). The van der Waals surface area contributed by atoms with Gasteiger partial charge in [-0.3, -0.25) is 0 Å². The van der Waals surface area contributed by atoms with Gasteiger partial charge in [-0.1, -0.05) is 35.9 Å². The topological polar surface area (TPSA) is 16.8 Å². The maximum absolute atomic E-state index is 4.80. The number of rotatable bonds is 1. The predicted molar refractivity (Wildman–Crippen MR) is 88.6 cm³/mol. The van der Waals surface area contributed by atoms with Gasteiger partial charge in [-0.2, -0.15) is 4.57 Å². The predicted octanol–water partition coefficient (Wildman–Crippen LogP) is 3.76. The van der Waals surface area contributed by atoms with E-state index in [2.05, 4.69) is 67.9 Å². The summed E-state index contributed by atoms with van der Waals surface area (Å²) in [5, 5.41) is 0. The summed E-state index contributed by atoms with van der Waals surface area (Å²) in [5.41, 5.74) is 10.1. The molecule has 0 radical (unpaired) electrons. The van der Waals surface area contributed by atoms with Gasteiger partial charge in [0.15, 0.2) is 0 Å². The molecule has 1 aliphatic carbocycles. The molecule has 0 saturated carbocycles. The number of nitrogens with zero attached hydrogens (tertiary/aromatic N) is 2. The third-order valence-corrected chi connectivity index (χ3v) is 4.65. The molecule has 0 spiro atoms. The molecular formula is C20H19N2+. The van der Waals surface area contributed by atoms with Gasteiger partial charge in [0, 0.05) is 5.56 Å². The van der Waals surface area contributed by atoms with E-state index in [1.807, 2.05) is 6.20 Å². The van der Waals surface area contributed by atoms with Crippen LogP contribution in [0.1, 0.15) is 22.4 Å². The van der Waals surface area contributed by atoms with Gasteiger partial charge < -0.3 is 0 Å². The van der Waals surface area contributed by atoms with E-state index >= 15 is 0 Å². The second-order valence-electron chi connectivity index (χ2n) is 6.15. The third-order valence-electron chi connectivity index (χ3n) is 4.65. The van der Waals surface area contributed by atoms with Crippen LogP contribution in [0.4, 0.5) is 0 Å². The minimum atomic E-state index is 0.966. The maximum atomic E-state index is 4.80. The quantitative estimate of drug-likeness (QED) is 0.487. The number of hydrogen-bond donors (Lipinski definition) is 0. The molecule has 0 fully saturated rings. The molecule has 0 amide bonds. The van der Waals surface area contributed by atoms with Crippen LogP contribution in [-0.4, -0.2) is 4.98 Å². The first kappa shape index (κ1) is 13.2. The van der Waals surface area contributed by atoms with Crippen molar-refractivity contribution in [2.45, 2.75) is 20.3 Å². The zero-order chi connectivity index (χ0) is 15.3. The fourth-order valence-corrected chi connectivity index (χ4v) is 3.37. The minimum Gasteiger partial charge on any atom is -0.243 e. The Morgan fingerprint density at radius 2 is 1.82 bits per heavy atom. The average molecular weight is 287 g/mol. The Hall–Kier alpha value is -2.48. The van der Waals surface area contributed by atoms with Crippen LogP contribution in [0.25, 0.3) is 22.5 Å².